The molecule has 0 aromatic heterocycles. The molecule has 2 aromatic rings. The molecule has 0 unspecified atom stereocenters. The van der Waals surface area contributed by atoms with E-state index in [-0.39, 0.29) is 12.3 Å². The molecular weight excluding hydrogens is 485 g/mol. The summed E-state index contributed by atoms with van der Waals surface area (Å²) in [6.45, 7) is 1.63. The molecule has 0 saturated carbocycles. The summed E-state index contributed by atoms with van der Waals surface area (Å²) in [6, 6.07) is 8.68. The van der Waals surface area contributed by atoms with Crippen LogP contribution in [0, 0.1) is 10.1 Å². The molecule has 0 amide bonds. The Hall–Kier alpha value is -1.08. The van der Waals surface area contributed by atoms with Gasteiger partial charge in [-0.2, -0.15) is 0 Å². The maximum atomic E-state index is 10.9. The zero-order chi connectivity index (χ0) is 17.9. The van der Waals surface area contributed by atoms with E-state index in [9.17, 15) is 10.1 Å². The number of rotatable bonds is 5. The summed E-state index contributed by atoms with van der Waals surface area (Å²) in [5.41, 5.74) is 1.35. The van der Waals surface area contributed by atoms with Gasteiger partial charge in [0.15, 0.2) is 0 Å². The maximum absolute atomic E-state index is 10.9. The minimum absolute atomic E-state index is 0.00868. The van der Waals surface area contributed by atoms with Crippen LogP contribution in [0.15, 0.2) is 45.0 Å². The molecule has 0 spiro atoms. The molecule has 0 aliphatic heterocycles. The molecular formula is C16H11Br2Cl2NO3. The third-order valence-electron chi connectivity index (χ3n) is 3.08. The summed E-state index contributed by atoms with van der Waals surface area (Å²) in [5.74, 6) is 0.491. The lowest BCUT2D eigenvalue weighted by Crippen LogP contribution is -2.00. The molecule has 0 atom stereocenters. The van der Waals surface area contributed by atoms with Gasteiger partial charge in [0.25, 0.3) is 0 Å². The Balaban J connectivity index is 2.35. The Bertz CT molecular complexity index is 825. The van der Waals surface area contributed by atoms with E-state index < -0.39 is 4.92 Å². The van der Waals surface area contributed by atoms with Gasteiger partial charge in [0.2, 0.25) is 5.70 Å². The summed E-state index contributed by atoms with van der Waals surface area (Å²) in [6.07, 6.45) is 1.45. The molecule has 0 heterocycles. The number of halogens is 4. The predicted molar refractivity (Wildman–Crippen MR) is 103 cm³/mol. The molecule has 24 heavy (non-hydrogen) atoms. The van der Waals surface area contributed by atoms with Crippen molar-refractivity contribution in [1.82, 2.24) is 0 Å². The Labute approximate surface area is 165 Å². The average molecular weight is 496 g/mol. The van der Waals surface area contributed by atoms with Gasteiger partial charge in [-0.15, -0.1) is 0 Å². The van der Waals surface area contributed by atoms with E-state index in [0.29, 0.717) is 25.8 Å². The summed E-state index contributed by atoms with van der Waals surface area (Å²) in [4.78, 5) is 10.4. The fourth-order valence-corrected chi connectivity index (χ4v) is 3.74. The molecule has 4 nitrogen and oxygen atoms in total. The smallest absolute Gasteiger partial charge is 0.243 e. The Morgan fingerprint density at radius 3 is 2.62 bits per heavy atom. The standard InChI is InChI=1S/C16H11Br2Cl2NO3/c1-9(21(22)23)4-11-5-12(17)6-14(18)16(11)24-8-10-2-3-13(19)7-15(10)20/h2-7H,8H2,1H3. The molecule has 0 aliphatic carbocycles. The molecule has 126 valence electrons. The highest BCUT2D eigenvalue weighted by Gasteiger charge is 2.13. The van der Waals surface area contributed by atoms with Crippen LogP contribution in [0.5, 0.6) is 5.75 Å². The van der Waals surface area contributed by atoms with Crippen LogP contribution in [-0.2, 0) is 6.61 Å². The normalized spacial score (nSPS) is 11.5. The number of ether oxygens (including phenoxy) is 1. The summed E-state index contributed by atoms with van der Waals surface area (Å²) < 4.78 is 7.29. The van der Waals surface area contributed by atoms with Gasteiger partial charge >= 0.3 is 0 Å². The van der Waals surface area contributed by atoms with Crippen LogP contribution in [0.25, 0.3) is 6.08 Å². The van der Waals surface area contributed by atoms with Gasteiger partial charge in [-0.25, -0.2) is 0 Å². The van der Waals surface area contributed by atoms with Crippen LogP contribution in [-0.4, -0.2) is 4.92 Å². The van der Waals surface area contributed by atoms with Crippen molar-refractivity contribution in [2.45, 2.75) is 13.5 Å². The van der Waals surface area contributed by atoms with Crippen LogP contribution < -0.4 is 4.74 Å². The third-order valence-corrected chi connectivity index (χ3v) is 4.71. The number of benzene rings is 2. The second-order valence-electron chi connectivity index (χ2n) is 4.87. The largest absolute Gasteiger partial charge is 0.487 e. The highest BCUT2D eigenvalue weighted by atomic mass is 79.9. The van der Waals surface area contributed by atoms with Crippen LogP contribution >= 0.6 is 55.1 Å². The molecule has 0 fully saturated rings. The number of hydrogen-bond donors (Lipinski definition) is 0. The van der Waals surface area contributed by atoms with E-state index in [1.54, 1.807) is 30.3 Å². The van der Waals surface area contributed by atoms with Gasteiger partial charge < -0.3 is 4.74 Å². The average Bonchev–Trinajstić information content (AvgIpc) is 2.47. The second-order valence-corrected chi connectivity index (χ2v) is 7.49. The van der Waals surface area contributed by atoms with E-state index >= 15 is 0 Å². The first-order valence-electron chi connectivity index (χ1n) is 6.66. The van der Waals surface area contributed by atoms with Crippen molar-refractivity contribution in [3.8, 4) is 5.75 Å². The van der Waals surface area contributed by atoms with Gasteiger partial charge in [0, 0.05) is 38.6 Å². The maximum Gasteiger partial charge on any atom is 0.243 e. The first kappa shape index (κ1) is 19.2. The zero-order valence-corrected chi connectivity index (χ0v) is 17.0. The molecule has 0 bridgehead atoms. The van der Waals surface area contributed by atoms with Crippen molar-refractivity contribution in [3.05, 3.63) is 76.3 Å². The fraction of sp³-hybridized carbons (Fsp3) is 0.125. The lowest BCUT2D eigenvalue weighted by molar-refractivity contribution is -0.422. The quantitative estimate of drug-likeness (QED) is 0.341. The lowest BCUT2D eigenvalue weighted by atomic mass is 10.1. The molecule has 0 N–H and O–H groups in total. The van der Waals surface area contributed by atoms with Crippen molar-refractivity contribution < 1.29 is 9.66 Å². The number of nitrogens with zero attached hydrogens (tertiary/aromatic N) is 1. The monoisotopic (exact) mass is 493 g/mol. The van der Waals surface area contributed by atoms with Crippen LogP contribution in [0.2, 0.25) is 10.0 Å². The molecule has 0 aliphatic rings. The van der Waals surface area contributed by atoms with Crippen molar-refractivity contribution in [2.75, 3.05) is 0 Å². The molecule has 8 heteroatoms. The highest BCUT2D eigenvalue weighted by Crippen LogP contribution is 2.35. The second kappa shape index (κ2) is 8.34. The number of hydrogen-bond acceptors (Lipinski definition) is 3. The zero-order valence-electron chi connectivity index (χ0n) is 12.4. The summed E-state index contributed by atoms with van der Waals surface area (Å²) >= 11 is 18.8. The molecule has 0 saturated heterocycles. The number of allylic oxidation sites excluding steroid dienone is 1. The van der Waals surface area contributed by atoms with Gasteiger partial charge in [0.1, 0.15) is 12.4 Å². The molecule has 2 aromatic carbocycles. The minimum atomic E-state index is -0.450. The first-order valence-corrected chi connectivity index (χ1v) is 9.00. The Morgan fingerprint density at radius 2 is 2.00 bits per heavy atom. The lowest BCUT2D eigenvalue weighted by Gasteiger charge is -2.13. The van der Waals surface area contributed by atoms with Crippen molar-refractivity contribution >= 4 is 61.1 Å². The topological polar surface area (TPSA) is 52.4 Å². The van der Waals surface area contributed by atoms with Crippen molar-refractivity contribution in [1.29, 1.82) is 0 Å². The first-order chi connectivity index (χ1) is 11.3. The van der Waals surface area contributed by atoms with Crippen LogP contribution in [0.4, 0.5) is 0 Å². The molecule has 2 rings (SSSR count). The van der Waals surface area contributed by atoms with E-state index in [2.05, 4.69) is 31.9 Å². The number of nitro groups is 1. The van der Waals surface area contributed by atoms with E-state index in [4.69, 9.17) is 27.9 Å². The predicted octanol–water partition coefficient (Wildman–Crippen LogP) is 6.73. The van der Waals surface area contributed by atoms with Crippen LogP contribution in [0.3, 0.4) is 0 Å². The van der Waals surface area contributed by atoms with Gasteiger partial charge in [-0.3, -0.25) is 10.1 Å². The Morgan fingerprint density at radius 1 is 1.29 bits per heavy atom. The summed E-state index contributed by atoms with van der Waals surface area (Å²) in [5, 5.41) is 11.9. The Kier molecular flexibility index (Phi) is 6.69. The highest BCUT2D eigenvalue weighted by molar-refractivity contribution is 9.11. The minimum Gasteiger partial charge on any atom is -0.487 e. The van der Waals surface area contributed by atoms with Crippen molar-refractivity contribution in [2.24, 2.45) is 0 Å². The third kappa shape index (κ3) is 4.96. The van der Waals surface area contributed by atoms with Gasteiger partial charge in [0.05, 0.1) is 9.40 Å². The summed E-state index contributed by atoms with van der Waals surface area (Å²) in [7, 11) is 0. The van der Waals surface area contributed by atoms with E-state index in [1.807, 2.05) is 0 Å². The van der Waals surface area contributed by atoms with Gasteiger partial charge in [-0.05, 0) is 40.2 Å². The van der Waals surface area contributed by atoms with Crippen LogP contribution in [0.1, 0.15) is 18.1 Å². The van der Waals surface area contributed by atoms with E-state index in [0.717, 1.165) is 10.0 Å². The van der Waals surface area contributed by atoms with Gasteiger partial charge in [-0.1, -0.05) is 45.2 Å². The molecule has 0 radical (unpaired) electrons. The van der Waals surface area contributed by atoms with Crippen molar-refractivity contribution in [3.63, 3.8) is 0 Å². The van der Waals surface area contributed by atoms with E-state index in [1.165, 1.54) is 13.0 Å². The SMILES string of the molecule is CC(=Cc1cc(Br)cc(Br)c1OCc1ccc(Cl)cc1Cl)[N+](=O)[O-]. The fourth-order valence-electron chi connectivity index (χ4n) is 1.91.